The van der Waals surface area contributed by atoms with Crippen molar-refractivity contribution in [3.63, 3.8) is 0 Å². The number of halogens is 2. The minimum Gasteiger partial charge on any atom is -0.493 e. The van der Waals surface area contributed by atoms with Crippen molar-refractivity contribution in [1.82, 2.24) is 4.57 Å². The summed E-state index contributed by atoms with van der Waals surface area (Å²) >= 11 is 0. The first-order chi connectivity index (χ1) is 15.0. The van der Waals surface area contributed by atoms with Crippen LogP contribution in [0, 0.1) is 6.92 Å². The van der Waals surface area contributed by atoms with Gasteiger partial charge in [-0.25, -0.2) is 8.78 Å². The fraction of sp³-hybridized carbons (Fsp3) is 0.500. The van der Waals surface area contributed by atoms with E-state index in [0.29, 0.717) is 44.3 Å². The summed E-state index contributed by atoms with van der Waals surface area (Å²) in [6, 6.07) is 4.94. The number of rotatable bonds is 7. The highest BCUT2D eigenvalue weighted by Gasteiger charge is 2.25. The second-order valence-corrected chi connectivity index (χ2v) is 7.46. The summed E-state index contributed by atoms with van der Waals surface area (Å²) in [4.78, 5) is 12.8. The number of alkyl halides is 2. The second-order valence-electron chi connectivity index (χ2n) is 7.46. The van der Waals surface area contributed by atoms with Crippen molar-refractivity contribution in [3.8, 4) is 28.5 Å². The lowest BCUT2D eigenvalue weighted by Crippen LogP contribution is -2.34. The van der Waals surface area contributed by atoms with Crippen LogP contribution in [0.1, 0.15) is 11.1 Å². The first-order valence-electron chi connectivity index (χ1n) is 10.2. The highest BCUT2D eigenvalue weighted by Crippen LogP contribution is 2.41. The quantitative estimate of drug-likeness (QED) is 0.664. The summed E-state index contributed by atoms with van der Waals surface area (Å²) < 4.78 is 54.4. The Morgan fingerprint density at radius 3 is 2.71 bits per heavy atom. The van der Waals surface area contributed by atoms with Crippen LogP contribution in [0.15, 0.2) is 23.0 Å². The van der Waals surface area contributed by atoms with Gasteiger partial charge in [0.05, 0.1) is 32.6 Å². The van der Waals surface area contributed by atoms with Crippen molar-refractivity contribution in [2.24, 2.45) is 0 Å². The van der Waals surface area contributed by atoms with E-state index in [1.54, 1.807) is 16.7 Å². The summed E-state index contributed by atoms with van der Waals surface area (Å²) in [5.41, 5.74) is 3.06. The number of ether oxygens (including phenoxy) is 5. The monoisotopic (exact) mass is 437 g/mol. The van der Waals surface area contributed by atoms with Crippen molar-refractivity contribution in [3.05, 3.63) is 39.7 Å². The number of aromatic nitrogens is 1. The van der Waals surface area contributed by atoms with E-state index in [9.17, 15) is 13.6 Å². The third-order valence-electron chi connectivity index (χ3n) is 5.44. The maximum absolute atomic E-state index is 12.8. The van der Waals surface area contributed by atoms with Gasteiger partial charge in [0, 0.05) is 23.7 Å². The number of aryl methyl sites for hydroxylation is 1. The highest BCUT2D eigenvalue weighted by molar-refractivity contribution is 5.74. The van der Waals surface area contributed by atoms with Crippen LogP contribution in [-0.4, -0.2) is 57.2 Å². The topological polar surface area (TPSA) is 68.2 Å². The van der Waals surface area contributed by atoms with Crippen molar-refractivity contribution in [2.75, 3.05) is 40.1 Å². The Labute approximate surface area is 178 Å². The lowest BCUT2D eigenvalue weighted by atomic mass is 9.93. The van der Waals surface area contributed by atoms with Crippen molar-refractivity contribution < 1.29 is 32.5 Å². The molecule has 1 aromatic carbocycles. The number of hydrogen-bond acceptors (Lipinski definition) is 6. The molecule has 2 aromatic rings. The molecule has 0 radical (unpaired) electrons. The lowest BCUT2D eigenvalue weighted by molar-refractivity contribution is -0.101. The molecule has 1 fully saturated rings. The van der Waals surface area contributed by atoms with Crippen LogP contribution in [-0.2, 0) is 22.4 Å². The SMILES string of the molecule is COc1cc2c(cc1OCC(F)F)CCn1c-2c(C)c(OC[C@@H]2COCCO2)cc1=O. The highest BCUT2D eigenvalue weighted by atomic mass is 19.3. The zero-order chi connectivity index (χ0) is 22.0. The first kappa shape index (κ1) is 21.6. The Hall–Kier alpha value is -2.65. The number of nitrogens with zero attached hydrogens (tertiary/aromatic N) is 1. The molecular formula is C22H25F2NO6. The predicted molar refractivity (Wildman–Crippen MR) is 109 cm³/mol. The summed E-state index contributed by atoms with van der Waals surface area (Å²) in [6.07, 6.45) is -2.20. The molecule has 2 aliphatic heterocycles. The molecule has 0 unspecified atom stereocenters. The fourth-order valence-corrected chi connectivity index (χ4v) is 3.95. The van der Waals surface area contributed by atoms with Gasteiger partial charge in [0.25, 0.3) is 12.0 Å². The van der Waals surface area contributed by atoms with Crippen molar-refractivity contribution in [1.29, 1.82) is 0 Å². The second kappa shape index (κ2) is 9.23. The zero-order valence-electron chi connectivity index (χ0n) is 17.5. The number of benzene rings is 1. The van der Waals surface area contributed by atoms with E-state index >= 15 is 0 Å². The van der Waals surface area contributed by atoms with Gasteiger partial charge in [-0.2, -0.15) is 0 Å². The van der Waals surface area contributed by atoms with Crippen LogP contribution in [0.2, 0.25) is 0 Å². The van der Waals surface area contributed by atoms with Gasteiger partial charge >= 0.3 is 0 Å². The van der Waals surface area contributed by atoms with Gasteiger partial charge in [0.1, 0.15) is 25.1 Å². The van der Waals surface area contributed by atoms with Crippen LogP contribution in [0.3, 0.4) is 0 Å². The van der Waals surface area contributed by atoms with Gasteiger partial charge < -0.3 is 28.3 Å². The molecule has 4 rings (SSSR count). The Morgan fingerprint density at radius 1 is 1.16 bits per heavy atom. The smallest absolute Gasteiger partial charge is 0.272 e. The van der Waals surface area contributed by atoms with Crippen LogP contribution < -0.4 is 19.8 Å². The van der Waals surface area contributed by atoms with E-state index < -0.39 is 13.0 Å². The molecule has 0 aliphatic carbocycles. The molecule has 0 spiro atoms. The third kappa shape index (κ3) is 4.52. The Bertz CT molecular complexity index is 1000. The van der Waals surface area contributed by atoms with E-state index in [0.717, 1.165) is 22.4 Å². The molecule has 7 nitrogen and oxygen atoms in total. The molecule has 1 saturated heterocycles. The standard InChI is InChI=1S/C22H25F2NO6/c1-13-17(30-11-15-10-28-5-6-29-15)9-21(26)25-4-3-14-7-19(31-12-20(23)24)18(27-2)8-16(14)22(13)25/h7-9,15,20H,3-6,10-12H2,1-2H3/t15-/m0/s1. The van der Waals surface area contributed by atoms with E-state index in [4.69, 9.17) is 23.7 Å². The van der Waals surface area contributed by atoms with Crippen LogP contribution in [0.5, 0.6) is 17.2 Å². The third-order valence-corrected chi connectivity index (χ3v) is 5.44. The van der Waals surface area contributed by atoms with E-state index in [1.165, 1.54) is 13.2 Å². The van der Waals surface area contributed by atoms with E-state index in [2.05, 4.69) is 0 Å². The lowest BCUT2D eigenvalue weighted by Gasteiger charge is -2.27. The minimum absolute atomic E-state index is 0.168. The van der Waals surface area contributed by atoms with Gasteiger partial charge in [0.2, 0.25) is 0 Å². The molecule has 0 saturated carbocycles. The molecule has 3 heterocycles. The number of fused-ring (bicyclic) bond motifs is 3. The molecular weight excluding hydrogens is 412 g/mol. The maximum atomic E-state index is 12.8. The molecule has 31 heavy (non-hydrogen) atoms. The summed E-state index contributed by atoms with van der Waals surface area (Å²) in [5, 5.41) is 0. The van der Waals surface area contributed by atoms with Gasteiger partial charge in [-0.1, -0.05) is 0 Å². The molecule has 0 N–H and O–H groups in total. The van der Waals surface area contributed by atoms with E-state index in [1.807, 2.05) is 6.92 Å². The summed E-state index contributed by atoms with van der Waals surface area (Å²) in [7, 11) is 1.45. The summed E-state index contributed by atoms with van der Waals surface area (Å²) in [5.74, 6) is 1.07. The predicted octanol–water partition coefficient (Wildman–Crippen LogP) is 2.83. The normalized spacial score (nSPS) is 17.8. The number of pyridine rings is 1. The molecule has 168 valence electrons. The Morgan fingerprint density at radius 2 is 2.00 bits per heavy atom. The van der Waals surface area contributed by atoms with Crippen molar-refractivity contribution in [2.45, 2.75) is 32.4 Å². The van der Waals surface area contributed by atoms with Gasteiger partial charge in [-0.15, -0.1) is 0 Å². The largest absolute Gasteiger partial charge is 0.493 e. The fourth-order valence-electron chi connectivity index (χ4n) is 3.95. The van der Waals surface area contributed by atoms with Crippen molar-refractivity contribution >= 4 is 0 Å². The van der Waals surface area contributed by atoms with Crippen LogP contribution >= 0.6 is 0 Å². The van der Waals surface area contributed by atoms with Crippen LogP contribution in [0.25, 0.3) is 11.3 Å². The molecule has 2 aliphatic rings. The number of methoxy groups -OCH3 is 1. The molecule has 9 heteroatoms. The average Bonchev–Trinajstić information content (AvgIpc) is 2.78. The van der Waals surface area contributed by atoms with E-state index in [-0.39, 0.29) is 24.0 Å². The van der Waals surface area contributed by atoms with Gasteiger partial charge in [0.15, 0.2) is 11.5 Å². The molecule has 0 bridgehead atoms. The van der Waals surface area contributed by atoms with Gasteiger partial charge in [-0.05, 0) is 31.0 Å². The Kier molecular flexibility index (Phi) is 6.43. The first-order valence-corrected chi connectivity index (χ1v) is 10.2. The summed E-state index contributed by atoms with van der Waals surface area (Å²) in [6.45, 7) is 3.46. The number of hydrogen-bond donors (Lipinski definition) is 0. The van der Waals surface area contributed by atoms with Crippen LogP contribution in [0.4, 0.5) is 8.78 Å². The minimum atomic E-state index is -2.58. The molecule has 0 amide bonds. The van der Waals surface area contributed by atoms with Gasteiger partial charge in [-0.3, -0.25) is 4.79 Å². The zero-order valence-corrected chi connectivity index (χ0v) is 17.5. The Balaban J connectivity index is 1.69. The average molecular weight is 437 g/mol. The maximum Gasteiger partial charge on any atom is 0.272 e. The molecule has 1 aromatic heterocycles. The molecule has 1 atom stereocenters.